The van der Waals surface area contributed by atoms with E-state index in [0.29, 0.717) is 0 Å². The molecule has 0 saturated heterocycles. The lowest BCUT2D eigenvalue weighted by Crippen LogP contribution is -2.24. The Kier molecular flexibility index (Phi) is 3.89. The third-order valence-corrected chi connectivity index (χ3v) is 5.02. The third-order valence-electron chi connectivity index (χ3n) is 3.68. The fourth-order valence-corrected chi connectivity index (χ4v) is 3.26. The van der Waals surface area contributed by atoms with Gasteiger partial charge in [0.25, 0.3) is 0 Å². The van der Waals surface area contributed by atoms with Crippen LogP contribution in [0.4, 0.5) is 0 Å². The standard InChI is InChI=1S/C16H15Br2NO/c1-9-2-3-10(6-13(9)18)16-8-14(19)12-7-11(17)4-5-15(12)20-16/h2-7,14,16H,8,19H2,1H3/t14-,16?/m0/s1. The molecular formula is C16H15Br2NO. The van der Waals surface area contributed by atoms with Crippen molar-refractivity contribution < 1.29 is 4.74 Å². The summed E-state index contributed by atoms with van der Waals surface area (Å²) in [6, 6.07) is 12.3. The average molecular weight is 397 g/mol. The van der Waals surface area contributed by atoms with Crippen LogP contribution in [0.2, 0.25) is 0 Å². The van der Waals surface area contributed by atoms with Crippen LogP contribution in [0.1, 0.15) is 35.3 Å². The smallest absolute Gasteiger partial charge is 0.126 e. The Hall–Kier alpha value is -0.840. The van der Waals surface area contributed by atoms with E-state index < -0.39 is 0 Å². The second kappa shape index (κ2) is 5.51. The lowest BCUT2D eigenvalue weighted by molar-refractivity contribution is 0.161. The van der Waals surface area contributed by atoms with E-state index in [4.69, 9.17) is 10.5 Å². The number of hydrogen-bond donors (Lipinski definition) is 1. The number of nitrogens with two attached hydrogens (primary N) is 1. The van der Waals surface area contributed by atoms with E-state index in [1.807, 2.05) is 18.2 Å². The summed E-state index contributed by atoms with van der Waals surface area (Å²) in [5.74, 6) is 0.883. The molecule has 2 nitrogen and oxygen atoms in total. The number of hydrogen-bond acceptors (Lipinski definition) is 2. The van der Waals surface area contributed by atoms with Gasteiger partial charge in [0.2, 0.25) is 0 Å². The third kappa shape index (κ3) is 2.65. The highest BCUT2D eigenvalue weighted by Crippen LogP contribution is 2.41. The first kappa shape index (κ1) is 14.1. The van der Waals surface area contributed by atoms with Gasteiger partial charge in [0, 0.05) is 27.0 Å². The SMILES string of the molecule is Cc1ccc(C2C[C@H](N)c3cc(Br)ccc3O2)cc1Br. The molecule has 4 heteroatoms. The molecule has 0 aromatic heterocycles. The Bertz CT molecular complexity index is 657. The molecule has 0 saturated carbocycles. The van der Waals surface area contributed by atoms with Crippen molar-refractivity contribution in [1.29, 1.82) is 0 Å². The molecule has 0 spiro atoms. The number of ether oxygens (including phenoxy) is 1. The van der Waals surface area contributed by atoms with Gasteiger partial charge in [-0.25, -0.2) is 0 Å². The van der Waals surface area contributed by atoms with Crippen molar-refractivity contribution in [2.75, 3.05) is 0 Å². The summed E-state index contributed by atoms with van der Waals surface area (Å²) < 4.78 is 8.26. The molecule has 2 atom stereocenters. The Balaban J connectivity index is 1.94. The van der Waals surface area contributed by atoms with Gasteiger partial charge in [-0.05, 0) is 42.3 Å². The highest BCUT2D eigenvalue weighted by atomic mass is 79.9. The van der Waals surface area contributed by atoms with Gasteiger partial charge in [-0.2, -0.15) is 0 Å². The summed E-state index contributed by atoms with van der Waals surface area (Å²) in [4.78, 5) is 0. The Morgan fingerprint density at radius 3 is 2.70 bits per heavy atom. The number of aryl methyl sites for hydroxylation is 1. The van der Waals surface area contributed by atoms with Gasteiger partial charge in [0.15, 0.2) is 0 Å². The molecule has 0 amide bonds. The minimum Gasteiger partial charge on any atom is -0.485 e. The molecule has 0 radical (unpaired) electrons. The van der Waals surface area contributed by atoms with Crippen molar-refractivity contribution in [3.63, 3.8) is 0 Å². The lowest BCUT2D eigenvalue weighted by atomic mass is 9.93. The van der Waals surface area contributed by atoms with Crippen LogP contribution in [0.15, 0.2) is 45.3 Å². The maximum absolute atomic E-state index is 6.30. The van der Waals surface area contributed by atoms with Crippen LogP contribution in [0, 0.1) is 6.92 Å². The molecule has 2 aromatic rings. The number of halogens is 2. The van der Waals surface area contributed by atoms with Crippen molar-refractivity contribution in [3.8, 4) is 5.75 Å². The molecule has 104 valence electrons. The minimum absolute atomic E-state index is 0.00123. The van der Waals surface area contributed by atoms with E-state index in [-0.39, 0.29) is 12.1 Å². The topological polar surface area (TPSA) is 35.2 Å². The molecule has 0 fully saturated rings. The summed E-state index contributed by atoms with van der Waals surface area (Å²) in [6.45, 7) is 2.08. The first-order valence-corrected chi connectivity index (χ1v) is 8.11. The second-order valence-electron chi connectivity index (χ2n) is 5.14. The zero-order valence-corrected chi connectivity index (χ0v) is 14.2. The molecule has 1 aliphatic heterocycles. The fraction of sp³-hybridized carbons (Fsp3) is 0.250. The Morgan fingerprint density at radius 2 is 1.95 bits per heavy atom. The zero-order valence-electron chi connectivity index (χ0n) is 11.1. The second-order valence-corrected chi connectivity index (χ2v) is 6.91. The highest BCUT2D eigenvalue weighted by molar-refractivity contribution is 9.10. The van der Waals surface area contributed by atoms with Gasteiger partial charge in [0.05, 0.1) is 0 Å². The van der Waals surface area contributed by atoms with E-state index in [1.165, 1.54) is 5.56 Å². The minimum atomic E-state index is 0.00123. The maximum Gasteiger partial charge on any atom is 0.126 e. The molecule has 1 heterocycles. The Labute approximate surface area is 135 Å². The molecule has 20 heavy (non-hydrogen) atoms. The van der Waals surface area contributed by atoms with Crippen molar-refractivity contribution in [3.05, 3.63) is 62.0 Å². The quantitative estimate of drug-likeness (QED) is 0.732. The van der Waals surface area contributed by atoms with Crippen molar-refractivity contribution in [2.24, 2.45) is 5.73 Å². The van der Waals surface area contributed by atoms with Crippen LogP contribution < -0.4 is 10.5 Å². The number of benzene rings is 2. The summed E-state index contributed by atoms with van der Waals surface area (Å²) in [6.07, 6.45) is 0.800. The van der Waals surface area contributed by atoms with Gasteiger partial charge in [0.1, 0.15) is 11.9 Å². The van der Waals surface area contributed by atoms with E-state index in [0.717, 1.165) is 32.2 Å². The number of rotatable bonds is 1. The summed E-state index contributed by atoms with van der Waals surface area (Å²) in [5, 5.41) is 0. The van der Waals surface area contributed by atoms with Crippen LogP contribution in [0.5, 0.6) is 5.75 Å². The first-order valence-electron chi connectivity index (χ1n) is 6.52. The van der Waals surface area contributed by atoms with Gasteiger partial charge in [-0.1, -0.05) is 44.0 Å². The molecule has 2 N–H and O–H groups in total. The zero-order chi connectivity index (χ0) is 14.3. The van der Waals surface area contributed by atoms with Crippen LogP contribution in [-0.2, 0) is 0 Å². The fourth-order valence-electron chi connectivity index (χ4n) is 2.49. The van der Waals surface area contributed by atoms with Crippen molar-refractivity contribution >= 4 is 31.9 Å². The summed E-state index contributed by atoms with van der Waals surface area (Å²) >= 11 is 7.05. The van der Waals surface area contributed by atoms with Crippen molar-refractivity contribution in [1.82, 2.24) is 0 Å². The molecule has 0 aliphatic carbocycles. The lowest BCUT2D eigenvalue weighted by Gasteiger charge is -2.31. The van der Waals surface area contributed by atoms with E-state index in [2.05, 4.69) is 57.0 Å². The van der Waals surface area contributed by atoms with Gasteiger partial charge >= 0.3 is 0 Å². The maximum atomic E-state index is 6.30. The van der Waals surface area contributed by atoms with E-state index in [9.17, 15) is 0 Å². The van der Waals surface area contributed by atoms with E-state index in [1.54, 1.807) is 0 Å². The molecule has 3 rings (SSSR count). The van der Waals surface area contributed by atoms with Crippen LogP contribution in [-0.4, -0.2) is 0 Å². The largest absolute Gasteiger partial charge is 0.485 e. The normalized spacial score (nSPS) is 21.2. The van der Waals surface area contributed by atoms with Crippen LogP contribution in [0.3, 0.4) is 0 Å². The molecule has 2 aromatic carbocycles. The van der Waals surface area contributed by atoms with Gasteiger partial charge in [-0.15, -0.1) is 0 Å². The predicted molar refractivity (Wildman–Crippen MR) is 87.9 cm³/mol. The molecule has 0 bridgehead atoms. The number of fused-ring (bicyclic) bond motifs is 1. The average Bonchev–Trinajstić information content (AvgIpc) is 2.42. The predicted octanol–water partition coefficient (Wildman–Crippen LogP) is 5.04. The summed E-state index contributed by atoms with van der Waals surface area (Å²) in [7, 11) is 0. The molecular weight excluding hydrogens is 382 g/mol. The Morgan fingerprint density at radius 1 is 1.15 bits per heavy atom. The first-order chi connectivity index (χ1) is 9.54. The summed E-state index contributed by atoms with van der Waals surface area (Å²) in [5.41, 5.74) is 9.75. The van der Waals surface area contributed by atoms with E-state index >= 15 is 0 Å². The monoisotopic (exact) mass is 395 g/mol. The molecule has 1 aliphatic rings. The van der Waals surface area contributed by atoms with Crippen molar-refractivity contribution in [2.45, 2.75) is 25.5 Å². The highest BCUT2D eigenvalue weighted by Gasteiger charge is 2.27. The van der Waals surface area contributed by atoms with Crippen LogP contribution >= 0.6 is 31.9 Å². The molecule has 1 unspecified atom stereocenters. The van der Waals surface area contributed by atoms with Crippen LogP contribution in [0.25, 0.3) is 0 Å². The van der Waals surface area contributed by atoms with Gasteiger partial charge < -0.3 is 10.5 Å². The van der Waals surface area contributed by atoms with Gasteiger partial charge in [-0.3, -0.25) is 0 Å².